The van der Waals surface area contributed by atoms with Crippen molar-refractivity contribution in [3.8, 4) is 0 Å². The summed E-state index contributed by atoms with van der Waals surface area (Å²) in [6, 6.07) is 7.65. The highest BCUT2D eigenvalue weighted by molar-refractivity contribution is 7.92. The van der Waals surface area contributed by atoms with Gasteiger partial charge in [0, 0.05) is 12.6 Å². The van der Waals surface area contributed by atoms with Crippen molar-refractivity contribution in [2.45, 2.75) is 45.8 Å². The number of carbonyl (C=O) groups excluding carboxylic acids is 2. The van der Waals surface area contributed by atoms with Gasteiger partial charge in [0.2, 0.25) is 21.8 Å². The topological polar surface area (TPSA) is 86.8 Å². The average molecular weight is 516 g/mol. The minimum atomic E-state index is -3.97. The molecule has 1 atom stereocenters. The van der Waals surface area contributed by atoms with Crippen LogP contribution in [0.5, 0.6) is 0 Å². The lowest BCUT2D eigenvalue weighted by atomic mass is 10.1. The molecule has 0 spiro atoms. The first-order chi connectivity index (χ1) is 15.8. The second-order valence-electron chi connectivity index (χ2n) is 8.10. The summed E-state index contributed by atoms with van der Waals surface area (Å²) in [6.45, 7) is 4.59. The number of rotatable bonds is 10. The summed E-state index contributed by atoms with van der Waals surface area (Å²) >= 11 is 5.81. The van der Waals surface area contributed by atoms with E-state index in [1.54, 1.807) is 20.8 Å². The van der Waals surface area contributed by atoms with Gasteiger partial charge in [-0.25, -0.2) is 17.2 Å². The van der Waals surface area contributed by atoms with E-state index in [2.05, 4.69) is 5.32 Å². The predicted octanol–water partition coefficient (Wildman–Crippen LogP) is 3.72. The molecule has 0 radical (unpaired) electrons. The van der Waals surface area contributed by atoms with Crippen LogP contribution in [0, 0.1) is 11.6 Å². The standard InChI is InChI=1S/C23H28ClF2N3O4S/c1-5-21(23(31)27-15(2)3)28(13-16-6-8-17(25)9-7-16)22(30)14-29(34(4,32)33)18-10-11-20(26)19(24)12-18/h6-12,15,21H,5,13-14H2,1-4H3,(H,27,31)/t21-/m1/s1. The van der Waals surface area contributed by atoms with E-state index < -0.39 is 46.1 Å². The molecule has 0 saturated carbocycles. The van der Waals surface area contributed by atoms with Crippen LogP contribution in [-0.2, 0) is 26.2 Å². The smallest absolute Gasteiger partial charge is 0.244 e. The van der Waals surface area contributed by atoms with E-state index in [0.29, 0.717) is 5.56 Å². The molecule has 0 unspecified atom stereocenters. The molecule has 7 nitrogen and oxygen atoms in total. The number of nitrogens with one attached hydrogen (secondary N) is 1. The number of hydrogen-bond donors (Lipinski definition) is 1. The van der Waals surface area contributed by atoms with E-state index in [9.17, 15) is 26.8 Å². The average Bonchev–Trinajstić information content (AvgIpc) is 2.74. The number of anilines is 1. The quantitative estimate of drug-likeness (QED) is 0.522. The maximum atomic E-state index is 13.6. The van der Waals surface area contributed by atoms with Crippen LogP contribution in [0.1, 0.15) is 32.8 Å². The monoisotopic (exact) mass is 515 g/mol. The lowest BCUT2D eigenvalue weighted by Crippen LogP contribution is -2.53. The van der Waals surface area contributed by atoms with Crippen LogP contribution < -0.4 is 9.62 Å². The molecule has 0 aliphatic carbocycles. The summed E-state index contributed by atoms with van der Waals surface area (Å²) in [5.74, 6) is -2.26. The first kappa shape index (κ1) is 27.5. The summed E-state index contributed by atoms with van der Waals surface area (Å²) in [7, 11) is -3.97. The van der Waals surface area contributed by atoms with Gasteiger partial charge in [0.25, 0.3) is 0 Å². The molecule has 0 aliphatic rings. The lowest BCUT2D eigenvalue weighted by molar-refractivity contribution is -0.140. The number of nitrogens with zero attached hydrogens (tertiary/aromatic N) is 2. The minimum Gasteiger partial charge on any atom is -0.352 e. The third-order valence-corrected chi connectivity index (χ3v) is 6.38. The van der Waals surface area contributed by atoms with Crippen LogP contribution >= 0.6 is 11.6 Å². The van der Waals surface area contributed by atoms with Gasteiger partial charge in [-0.15, -0.1) is 0 Å². The third-order valence-electron chi connectivity index (χ3n) is 4.95. The molecule has 0 bridgehead atoms. The third kappa shape index (κ3) is 7.39. The van der Waals surface area contributed by atoms with Crippen molar-refractivity contribution in [2.24, 2.45) is 0 Å². The molecule has 1 N–H and O–H groups in total. The van der Waals surface area contributed by atoms with Crippen LogP contribution in [0.3, 0.4) is 0 Å². The lowest BCUT2D eigenvalue weighted by Gasteiger charge is -2.33. The number of sulfonamides is 1. The van der Waals surface area contributed by atoms with Crippen LogP contribution in [0.4, 0.5) is 14.5 Å². The fourth-order valence-corrected chi connectivity index (χ4v) is 4.36. The Morgan fingerprint density at radius 3 is 2.21 bits per heavy atom. The van der Waals surface area contributed by atoms with Crippen LogP contribution in [0.15, 0.2) is 42.5 Å². The van der Waals surface area contributed by atoms with Crippen molar-refractivity contribution < 1.29 is 26.8 Å². The van der Waals surface area contributed by atoms with E-state index in [1.807, 2.05) is 0 Å². The fourth-order valence-electron chi connectivity index (χ4n) is 3.34. The zero-order chi connectivity index (χ0) is 25.6. The molecule has 2 aromatic rings. The van der Waals surface area contributed by atoms with Crippen molar-refractivity contribution in [2.75, 3.05) is 17.1 Å². The fraction of sp³-hybridized carbons (Fsp3) is 0.391. The molecule has 0 saturated heterocycles. The normalized spacial score (nSPS) is 12.4. The van der Waals surface area contributed by atoms with E-state index in [4.69, 9.17) is 11.6 Å². The molecule has 2 rings (SSSR count). The minimum absolute atomic E-state index is 0.00339. The Kier molecular flexibility index (Phi) is 9.40. The van der Waals surface area contributed by atoms with Crippen LogP contribution in [-0.4, -0.2) is 50.0 Å². The zero-order valence-electron chi connectivity index (χ0n) is 19.4. The van der Waals surface area contributed by atoms with Crippen molar-refractivity contribution >= 4 is 39.1 Å². The number of amides is 2. The number of hydrogen-bond acceptors (Lipinski definition) is 4. The van der Waals surface area contributed by atoms with Gasteiger partial charge >= 0.3 is 0 Å². The Bertz CT molecular complexity index is 1130. The first-order valence-electron chi connectivity index (χ1n) is 10.6. The van der Waals surface area contributed by atoms with Crippen LogP contribution in [0.25, 0.3) is 0 Å². The van der Waals surface area contributed by atoms with Gasteiger partial charge in [-0.05, 0) is 56.2 Å². The summed E-state index contributed by atoms with van der Waals surface area (Å²) in [5, 5.41) is 2.47. The summed E-state index contributed by atoms with van der Waals surface area (Å²) < 4.78 is 52.8. The van der Waals surface area contributed by atoms with Crippen LogP contribution in [0.2, 0.25) is 5.02 Å². The maximum Gasteiger partial charge on any atom is 0.244 e. The molecule has 2 amide bonds. The highest BCUT2D eigenvalue weighted by atomic mass is 35.5. The largest absolute Gasteiger partial charge is 0.352 e. The molecular weight excluding hydrogens is 488 g/mol. The maximum absolute atomic E-state index is 13.6. The van der Waals surface area contributed by atoms with Gasteiger partial charge in [0.05, 0.1) is 17.0 Å². The number of benzene rings is 2. The number of carbonyl (C=O) groups is 2. The SMILES string of the molecule is CC[C@H](C(=O)NC(C)C)N(Cc1ccc(F)cc1)C(=O)CN(c1ccc(F)c(Cl)c1)S(C)(=O)=O. The van der Waals surface area contributed by atoms with Gasteiger partial charge in [0.15, 0.2) is 0 Å². The van der Waals surface area contributed by atoms with Crippen molar-refractivity contribution in [3.05, 3.63) is 64.7 Å². The molecule has 11 heteroatoms. The molecular formula is C23H28ClF2N3O4S. The van der Waals surface area contributed by atoms with Crippen molar-refractivity contribution in [1.82, 2.24) is 10.2 Å². The van der Waals surface area contributed by atoms with Crippen molar-refractivity contribution in [3.63, 3.8) is 0 Å². The highest BCUT2D eigenvalue weighted by Gasteiger charge is 2.32. The van der Waals surface area contributed by atoms with E-state index >= 15 is 0 Å². The Morgan fingerprint density at radius 1 is 1.09 bits per heavy atom. The van der Waals surface area contributed by atoms with Gasteiger partial charge in [-0.2, -0.15) is 0 Å². The molecule has 34 heavy (non-hydrogen) atoms. The first-order valence-corrected chi connectivity index (χ1v) is 12.8. The Balaban J connectivity index is 2.45. The van der Waals surface area contributed by atoms with Gasteiger partial charge < -0.3 is 10.2 Å². The molecule has 186 valence electrons. The Labute approximate surface area is 203 Å². The Hall–Kier alpha value is -2.72. The molecule has 0 fully saturated rings. The van der Waals surface area contributed by atoms with E-state index in [0.717, 1.165) is 22.7 Å². The van der Waals surface area contributed by atoms with E-state index in [1.165, 1.54) is 35.2 Å². The molecule has 0 aromatic heterocycles. The van der Waals surface area contributed by atoms with Crippen molar-refractivity contribution in [1.29, 1.82) is 0 Å². The number of halogens is 3. The molecule has 0 heterocycles. The summed E-state index contributed by atoms with van der Waals surface area (Å²) in [5.41, 5.74) is 0.560. The Morgan fingerprint density at radius 2 is 1.71 bits per heavy atom. The molecule has 2 aromatic carbocycles. The van der Waals surface area contributed by atoms with Gasteiger partial charge in [-0.3, -0.25) is 13.9 Å². The van der Waals surface area contributed by atoms with Gasteiger partial charge in [-0.1, -0.05) is 30.7 Å². The second-order valence-corrected chi connectivity index (χ2v) is 10.4. The highest BCUT2D eigenvalue weighted by Crippen LogP contribution is 2.25. The summed E-state index contributed by atoms with van der Waals surface area (Å²) in [4.78, 5) is 27.6. The zero-order valence-corrected chi connectivity index (χ0v) is 21.0. The van der Waals surface area contributed by atoms with E-state index in [-0.39, 0.29) is 29.7 Å². The second kappa shape index (κ2) is 11.6. The summed E-state index contributed by atoms with van der Waals surface area (Å²) in [6.07, 6.45) is 1.16. The van der Waals surface area contributed by atoms with Gasteiger partial charge in [0.1, 0.15) is 24.2 Å². The predicted molar refractivity (Wildman–Crippen MR) is 128 cm³/mol. The molecule has 0 aliphatic heterocycles.